The van der Waals surface area contributed by atoms with Crippen molar-refractivity contribution in [2.75, 3.05) is 19.8 Å². The van der Waals surface area contributed by atoms with Crippen LogP contribution in [0.25, 0.3) is 10.4 Å². The van der Waals surface area contributed by atoms with Gasteiger partial charge in [-0.3, -0.25) is 4.79 Å². The molecule has 2 fully saturated rings. The van der Waals surface area contributed by atoms with Crippen LogP contribution in [0.2, 0.25) is 0 Å². The second-order valence-corrected chi connectivity index (χ2v) is 16.4. The van der Waals surface area contributed by atoms with E-state index in [1.807, 2.05) is 47.6 Å². The van der Waals surface area contributed by atoms with Crippen molar-refractivity contribution >= 4 is 27.3 Å². The van der Waals surface area contributed by atoms with E-state index in [1.54, 1.807) is 12.1 Å². The Morgan fingerprint density at radius 1 is 1.05 bits per heavy atom. The van der Waals surface area contributed by atoms with E-state index in [1.165, 1.54) is 30.6 Å². The Labute approximate surface area is 250 Å². The summed E-state index contributed by atoms with van der Waals surface area (Å²) >= 11 is 1.38. The van der Waals surface area contributed by atoms with Gasteiger partial charge in [0.1, 0.15) is 10.6 Å². The standard InChI is InChI=1S/C31H47N3O5S2/c1-30(2,3)20-39-25-19-22(12-13-26(25)41(36,37)34-31(4,5)6)27-24(18-21-10-8-7-9-11-21)33-29(40-27)28(35)32-23-14-16-38-17-15-23/h12-13,19,21,23,34H,7-11,14-18,20H2,1-6H3,(H,32,35). The third-order valence-corrected chi connectivity index (χ3v) is 10.2. The molecule has 0 unspecified atom stereocenters. The van der Waals surface area contributed by atoms with Crippen LogP contribution < -0.4 is 14.8 Å². The van der Waals surface area contributed by atoms with E-state index in [9.17, 15) is 13.2 Å². The van der Waals surface area contributed by atoms with Crippen molar-refractivity contribution in [2.45, 2.75) is 109 Å². The van der Waals surface area contributed by atoms with Gasteiger partial charge < -0.3 is 14.8 Å². The summed E-state index contributed by atoms with van der Waals surface area (Å²) in [6, 6.07) is 5.33. The summed E-state index contributed by atoms with van der Waals surface area (Å²) in [5.74, 6) is 0.679. The predicted octanol–water partition coefficient (Wildman–Crippen LogP) is 6.34. The fourth-order valence-corrected chi connectivity index (χ4v) is 7.84. The Balaban J connectivity index is 1.72. The number of amides is 1. The average molecular weight is 606 g/mol. The molecule has 0 bridgehead atoms. The molecular weight excluding hydrogens is 558 g/mol. The predicted molar refractivity (Wildman–Crippen MR) is 164 cm³/mol. The van der Waals surface area contributed by atoms with Crippen molar-refractivity contribution in [1.82, 2.24) is 15.0 Å². The van der Waals surface area contributed by atoms with Gasteiger partial charge in [-0.25, -0.2) is 18.1 Å². The molecule has 8 nitrogen and oxygen atoms in total. The molecule has 2 aliphatic rings. The maximum absolute atomic E-state index is 13.4. The molecule has 1 saturated heterocycles. The van der Waals surface area contributed by atoms with Crippen LogP contribution in [0.4, 0.5) is 0 Å². The first-order valence-electron chi connectivity index (χ1n) is 14.9. The van der Waals surface area contributed by atoms with Gasteiger partial charge in [0.25, 0.3) is 5.91 Å². The molecule has 0 spiro atoms. The Bertz CT molecular complexity index is 1300. The molecule has 1 aliphatic heterocycles. The molecule has 2 heterocycles. The first kappa shape index (κ1) is 31.9. The molecule has 0 radical (unpaired) electrons. The van der Waals surface area contributed by atoms with Crippen LogP contribution in [-0.4, -0.2) is 50.7 Å². The minimum absolute atomic E-state index is 0.0857. The lowest BCUT2D eigenvalue weighted by atomic mass is 9.85. The van der Waals surface area contributed by atoms with Crippen molar-refractivity contribution < 1.29 is 22.7 Å². The lowest BCUT2D eigenvalue weighted by Gasteiger charge is -2.24. The zero-order valence-electron chi connectivity index (χ0n) is 25.5. The number of ether oxygens (including phenoxy) is 2. The normalized spacial score (nSPS) is 17.9. The molecular formula is C31H47N3O5S2. The highest BCUT2D eigenvalue weighted by atomic mass is 32.2. The van der Waals surface area contributed by atoms with Crippen LogP contribution in [0.1, 0.15) is 102 Å². The second kappa shape index (κ2) is 13.1. The maximum Gasteiger partial charge on any atom is 0.280 e. The van der Waals surface area contributed by atoms with Gasteiger partial charge in [0.05, 0.1) is 17.2 Å². The highest BCUT2D eigenvalue weighted by Gasteiger charge is 2.29. The number of carbonyl (C=O) groups excluding carboxylic acids is 1. The highest BCUT2D eigenvalue weighted by molar-refractivity contribution is 7.89. The average Bonchev–Trinajstić information content (AvgIpc) is 3.30. The summed E-state index contributed by atoms with van der Waals surface area (Å²) < 4.78 is 41.2. The van der Waals surface area contributed by atoms with E-state index in [0.29, 0.717) is 36.5 Å². The summed E-state index contributed by atoms with van der Waals surface area (Å²) in [6.07, 6.45) is 8.44. The number of hydrogen-bond donors (Lipinski definition) is 2. The number of nitrogens with zero attached hydrogens (tertiary/aromatic N) is 1. The summed E-state index contributed by atoms with van der Waals surface area (Å²) in [4.78, 5) is 19.2. The molecule has 2 aromatic rings. The molecule has 228 valence electrons. The van der Waals surface area contributed by atoms with Gasteiger partial charge in [0.15, 0.2) is 5.01 Å². The molecule has 10 heteroatoms. The largest absolute Gasteiger partial charge is 0.492 e. The zero-order valence-corrected chi connectivity index (χ0v) is 27.1. The Hall–Kier alpha value is -2.01. The molecule has 2 N–H and O–H groups in total. The molecule has 41 heavy (non-hydrogen) atoms. The van der Waals surface area contributed by atoms with Crippen molar-refractivity contribution in [3.63, 3.8) is 0 Å². The van der Waals surface area contributed by atoms with Crippen molar-refractivity contribution in [3.05, 3.63) is 28.9 Å². The van der Waals surface area contributed by atoms with Gasteiger partial charge in [-0.1, -0.05) is 58.9 Å². The van der Waals surface area contributed by atoms with Crippen LogP contribution in [0, 0.1) is 11.3 Å². The van der Waals surface area contributed by atoms with E-state index in [0.717, 1.165) is 48.2 Å². The van der Waals surface area contributed by atoms with Gasteiger partial charge >= 0.3 is 0 Å². The Kier molecular flexibility index (Phi) is 10.2. The van der Waals surface area contributed by atoms with Crippen molar-refractivity contribution in [1.29, 1.82) is 0 Å². The van der Waals surface area contributed by atoms with Gasteiger partial charge in [-0.05, 0) is 69.1 Å². The molecule has 0 atom stereocenters. The number of benzene rings is 1. The summed E-state index contributed by atoms with van der Waals surface area (Å²) in [7, 11) is -3.83. The highest BCUT2D eigenvalue weighted by Crippen LogP contribution is 2.38. The molecule has 4 rings (SSSR count). The summed E-state index contributed by atoms with van der Waals surface area (Å²) in [5.41, 5.74) is 0.915. The minimum atomic E-state index is -3.83. The van der Waals surface area contributed by atoms with Gasteiger partial charge in [0, 0.05) is 24.8 Å². The van der Waals surface area contributed by atoms with E-state index >= 15 is 0 Å². The van der Waals surface area contributed by atoms with Crippen molar-refractivity contribution in [3.8, 4) is 16.2 Å². The SMILES string of the molecule is CC(C)(C)COc1cc(-c2sc(C(=O)NC3CCOCC3)nc2CC2CCCCC2)ccc1S(=O)(=O)NC(C)(C)C. The topological polar surface area (TPSA) is 107 Å². The number of sulfonamides is 1. The molecule has 1 saturated carbocycles. The van der Waals surface area contributed by atoms with Gasteiger partial charge in [0.2, 0.25) is 10.0 Å². The molecule has 1 amide bonds. The van der Waals surface area contributed by atoms with Crippen LogP contribution in [0.5, 0.6) is 5.75 Å². The number of hydrogen-bond acceptors (Lipinski definition) is 7. The van der Waals surface area contributed by atoms with E-state index in [-0.39, 0.29) is 22.3 Å². The fraction of sp³-hybridized carbons (Fsp3) is 0.677. The molecule has 1 aliphatic carbocycles. The Morgan fingerprint density at radius 2 is 1.73 bits per heavy atom. The Morgan fingerprint density at radius 3 is 2.37 bits per heavy atom. The zero-order chi connectivity index (χ0) is 29.8. The third kappa shape index (κ3) is 9.24. The quantitative estimate of drug-likeness (QED) is 0.345. The lowest BCUT2D eigenvalue weighted by Crippen LogP contribution is -2.40. The monoisotopic (exact) mass is 605 g/mol. The minimum Gasteiger partial charge on any atom is -0.492 e. The van der Waals surface area contributed by atoms with Crippen LogP contribution in [-0.2, 0) is 21.2 Å². The van der Waals surface area contributed by atoms with Crippen LogP contribution in [0.15, 0.2) is 23.1 Å². The molecule has 1 aromatic heterocycles. The van der Waals surface area contributed by atoms with Crippen LogP contribution >= 0.6 is 11.3 Å². The van der Waals surface area contributed by atoms with Crippen LogP contribution in [0.3, 0.4) is 0 Å². The van der Waals surface area contributed by atoms with Crippen molar-refractivity contribution in [2.24, 2.45) is 11.3 Å². The second-order valence-electron chi connectivity index (χ2n) is 13.7. The number of nitrogens with one attached hydrogen (secondary N) is 2. The van der Waals surface area contributed by atoms with E-state index < -0.39 is 15.6 Å². The molecule has 1 aromatic carbocycles. The number of thiazole rings is 1. The number of carbonyl (C=O) groups is 1. The number of rotatable bonds is 9. The summed E-state index contributed by atoms with van der Waals surface area (Å²) in [6.45, 7) is 13.2. The van der Waals surface area contributed by atoms with Gasteiger partial charge in [-0.15, -0.1) is 11.3 Å². The van der Waals surface area contributed by atoms with E-state index in [2.05, 4.69) is 10.0 Å². The fourth-order valence-electron chi connectivity index (χ4n) is 5.30. The lowest BCUT2D eigenvalue weighted by molar-refractivity contribution is 0.0696. The number of aromatic nitrogens is 1. The smallest absolute Gasteiger partial charge is 0.280 e. The summed E-state index contributed by atoms with van der Waals surface area (Å²) in [5, 5.41) is 3.59. The first-order chi connectivity index (χ1) is 19.2. The van der Waals surface area contributed by atoms with Gasteiger partial charge in [-0.2, -0.15) is 0 Å². The van der Waals surface area contributed by atoms with E-state index in [4.69, 9.17) is 14.5 Å². The third-order valence-electron chi connectivity index (χ3n) is 7.25. The maximum atomic E-state index is 13.4. The first-order valence-corrected chi connectivity index (χ1v) is 17.2.